The van der Waals surface area contributed by atoms with E-state index < -0.39 is 11.8 Å². The van der Waals surface area contributed by atoms with Crippen molar-refractivity contribution in [2.75, 3.05) is 0 Å². The second-order valence-corrected chi connectivity index (χ2v) is 4.87. The van der Waals surface area contributed by atoms with Crippen LogP contribution < -0.4 is 0 Å². The highest BCUT2D eigenvalue weighted by atomic mass is 35.5. The molecule has 6 heteroatoms. The van der Waals surface area contributed by atoms with Crippen LogP contribution in [0.25, 0.3) is 0 Å². The lowest BCUT2D eigenvalue weighted by atomic mass is 10.2. The quantitative estimate of drug-likeness (QED) is 0.932. The Balaban J connectivity index is 2.24. The van der Waals surface area contributed by atoms with Gasteiger partial charge in [-0.2, -0.15) is 0 Å². The van der Waals surface area contributed by atoms with Crippen LogP contribution in [0.2, 0.25) is 5.02 Å². The summed E-state index contributed by atoms with van der Waals surface area (Å²) in [5.74, 6) is -1.74. The number of carbonyl (C=O) groups is 1. The first-order chi connectivity index (χ1) is 8.56. The van der Waals surface area contributed by atoms with Crippen LogP contribution in [0.1, 0.15) is 10.4 Å². The highest BCUT2D eigenvalue weighted by molar-refractivity contribution is 7.99. The molecule has 0 saturated heterocycles. The zero-order valence-corrected chi connectivity index (χ0v) is 10.5. The molecule has 0 unspecified atom stereocenters. The summed E-state index contributed by atoms with van der Waals surface area (Å²) in [5.41, 5.74) is -0.0825. The summed E-state index contributed by atoms with van der Waals surface area (Å²) >= 11 is 6.80. The summed E-state index contributed by atoms with van der Waals surface area (Å²) in [6.07, 6.45) is 1.47. The largest absolute Gasteiger partial charge is 0.478 e. The van der Waals surface area contributed by atoms with Gasteiger partial charge in [-0.3, -0.25) is 0 Å². The van der Waals surface area contributed by atoms with Crippen molar-refractivity contribution < 1.29 is 14.3 Å². The van der Waals surface area contributed by atoms with E-state index in [4.69, 9.17) is 16.7 Å². The van der Waals surface area contributed by atoms with Crippen molar-refractivity contribution in [1.82, 2.24) is 4.98 Å². The molecule has 1 aromatic heterocycles. The van der Waals surface area contributed by atoms with Gasteiger partial charge in [0, 0.05) is 11.1 Å². The average molecular weight is 284 g/mol. The Bertz CT molecular complexity index is 589. The molecule has 0 atom stereocenters. The van der Waals surface area contributed by atoms with Crippen LogP contribution in [0.4, 0.5) is 4.39 Å². The Morgan fingerprint density at radius 2 is 2.11 bits per heavy atom. The summed E-state index contributed by atoms with van der Waals surface area (Å²) in [4.78, 5) is 15.0. The number of pyridine rings is 1. The zero-order chi connectivity index (χ0) is 13.1. The van der Waals surface area contributed by atoms with Crippen LogP contribution in [-0.4, -0.2) is 16.1 Å². The monoisotopic (exact) mass is 283 g/mol. The second-order valence-electron chi connectivity index (χ2n) is 3.37. The summed E-state index contributed by atoms with van der Waals surface area (Å²) in [6, 6.07) is 7.07. The highest BCUT2D eigenvalue weighted by Crippen LogP contribution is 2.29. The van der Waals surface area contributed by atoms with Crippen molar-refractivity contribution in [3.63, 3.8) is 0 Å². The maximum Gasteiger partial charge on any atom is 0.335 e. The number of carboxylic acid groups (broad SMARTS) is 1. The molecule has 0 fully saturated rings. The van der Waals surface area contributed by atoms with E-state index >= 15 is 0 Å². The van der Waals surface area contributed by atoms with Crippen LogP contribution >= 0.6 is 23.4 Å². The van der Waals surface area contributed by atoms with Crippen LogP contribution in [0.3, 0.4) is 0 Å². The minimum atomic E-state index is -1.16. The van der Waals surface area contributed by atoms with Crippen LogP contribution in [0.5, 0.6) is 0 Å². The summed E-state index contributed by atoms with van der Waals surface area (Å²) in [7, 11) is 0. The Morgan fingerprint density at radius 3 is 2.67 bits per heavy atom. The van der Waals surface area contributed by atoms with Gasteiger partial charge in [-0.25, -0.2) is 14.2 Å². The van der Waals surface area contributed by atoms with E-state index in [9.17, 15) is 9.18 Å². The number of hydrogen-bond acceptors (Lipinski definition) is 3. The highest BCUT2D eigenvalue weighted by Gasteiger charge is 2.09. The number of rotatable bonds is 3. The van der Waals surface area contributed by atoms with Gasteiger partial charge in [0.15, 0.2) is 0 Å². The van der Waals surface area contributed by atoms with Gasteiger partial charge in [-0.15, -0.1) is 0 Å². The van der Waals surface area contributed by atoms with Crippen LogP contribution in [-0.2, 0) is 0 Å². The molecule has 0 aliphatic rings. The number of aromatic nitrogens is 1. The van der Waals surface area contributed by atoms with Gasteiger partial charge in [0.25, 0.3) is 0 Å². The fourth-order valence-corrected chi connectivity index (χ4v) is 2.12. The fourth-order valence-electron chi connectivity index (χ4n) is 1.25. The van der Waals surface area contributed by atoms with Crippen molar-refractivity contribution in [3.05, 3.63) is 52.9 Å². The number of halogens is 2. The van der Waals surface area contributed by atoms with E-state index in [1.165, 1.54) is 18.3 Å². The third kappa shape index (κ3) is 3.00. The topological polar surface area (TPSA) is 50.2 Å². The second kappa shape index (κ2) is 5.37. The molecule has 2 rings (SSSR count). The Hall–Kier alpha value is -1.59. The molecule has 0 radical (unpaired) electrons. The van der Waals surface area contributed by atoms with E-state index in [-0.39, 0.29) is 5.56 Å². The lowest BCUT2D eigenvalue weighted by molar-refractivity contribution is 0.0696. The predicted octanol–water partition coefficient (Wildman–Crippen LogP) is 3.72. The Morgan fingerprint density at radius 1 is 1.33 bits per heavy atom. The number of aromatic carboxylic acids is 1. The molecular formula is C12H7ClFNO2S. The van der Waals surface area contributed by atoms with E-state index in [0.717, 1.165) is 17.8 Å². The van der Waals surface area contributed by atoms with Crippen molar-refractivity contribution >= 4 is 29.3 Å². The lowest BCUT2D eigenvalue weighted by Crippen LogP contribution is -1.97. The smallest absolute Gasteiger partial charge is 0.335 e. The van der Waals surface area contributed by atoms with Crippen molar-refractivity contribution in [1.29, 1.82) is 0 Å². The normalized spacial score (nSPS) is 10.3. The molecule has 2 aromatic rings. The molecule has 92 valence electrons. The van der Waals surface area contributed by atoms with Crippen LogP contribution in [0.15, 0.2) is 46.5 Å². The summed E-state index contributed by atoms with van der Waals surface area (Å²) < 4.78 is 13.6. The molecule has 1 aromatic carbocycles. The van der Waals surface area contributed by atoms with E-state index in [0.29, 0.717) is 14.9 Å². The third-order valence-electron chi connectivity index (χ3n) is 2.09. The standard InChI is InChI=1S/C12H7ClFNO2S/c13-8-2-4-11(15-6-8)18-10-3-1-7(12(16)17)5-9(10)14/h1-6H,(H,16,17). The molecule has 1 heterocycles. The zero-order valence-electron chi connectivity index (χ0n) is 8.93. The minimum Gasteiger partial charge on any atom is -0.478 e. The van der Waals surface area contributed by atoms with Gasteiger partial charge in [-0.05, 0) is 30.3 Å². The molecule has 1 N–H and O–H groups in total. The van der Waals surface area contributed by atoms with Crippen molar-refractivity contribution in [2.24, 2.45) is 0 Å². The molecule has 0 saturated carbocycles. The number of benzene rings is 1. The maximum absolute atomic E-state index is 13.6. The van der Waals surface area contributed by atoms with Gasteiger partial charge in [0.05, 0.1) is 10.6 Å². The average Bonchev–Trinajstić information content (AvgIpc) is 2.34. The Kier molecular flexibility index (Phi) is 3.84. The predicted molar refractivity (Wildman–Crippen MR) is 66.7 cm³/mol. The third-order valence-corrected chi connectivity index (χ3v) is 3.32. The molecule has 0 aliphatic heterocycles. The first kappa shape index (κ1) is 12.9. The van der Waals surface area contributed by atoms with Gasteiger partial charge in [0.1, 0.15) is 10.8 Å². The molecule has 0 aliphatic carbocycles. The first-order valence-corrected chi connectivity index (χ1v) is 6.08. The molecule has 18 heavy (non-hydrogen) atoms. The molecule has 3 nitrogen and oxygen atoms in total. The number of hydrogen-bond donors (Lipinski definition) is 1. The van der Waals surface area contributed by atoms with E-state index in [1.54, 1.807) is 12.1 Å². The van der Waals surface area contributed by atoms with Crippen molar-refractivity contribution in [2.45, 2.75) is 9.92 Å². The molecular weight excluding hydrogens is 277 g/mol. The molecule has 0 spiro atoms. The van der Waals surface area contributed by atoms with Crippen LogP contribution in [0, 0.1) is 5.82 Å². The van der Waals surface area contributed by atoms with Crippen molar-refractivity contribution in [3.8, 4) is 0 Å². The molecule has 0 bridgehead atoms. The summed E-state index contributed by atoms with van der Waals surface area (Å²) in [5, 5.41) is 9.81. The maximum atomic E-state index is 13.6. The van der Waals surface area contributed by atoms with Gasteiger partial charge in [-0.1, -0.05) is 23.4 Å². The number of nitrogens with zero attached hydrogens (tertiary/aromatic N) is 1. The minimum absolute atomic E-state index is 0.0825. The summed E-state index contributed by atoms with van der Waals surface area (Å²) in [6.45, 7) is 0. The SMILES string of the molecule is O=C(O)c1ccc(Sc2ccc(Cl)cn2)c(F)c1. The first-order valence-electron chi connectivity index (χ1n) is 4.88. The van der Waals surface area contributed by atoms with Gasteiger partial charge < -0.3 is 5.11 Å². The van der Waals surface area contributed by atoms with E-state index in [1.807, 2.05) is 0 Å². The molecule has 0 amide bonds. The number of carboxylic acids is 1. The van der Waals surface area contributed by atoms with Gasteiger partial charge in [0.2, 0.25) is 0 Å². The fraction of sp³-hybridized carbons (Fsp3) is 0. The van der Waals surface area contributed by atoms with Gasteiger partial charge >= 0.3 is 5.97 Å². The lowest BCUT2D eigenvalue weighted by Gasteiger charge is -2.03. The Labute approximate surface area is 112 Å². The van der Waals surface area contributed by atoms with E-state index in [2.05, 4.69) is 4.98 Å².